The van der Waals surface area contributed by atoms with Gasteiger partial charge in [0.05, 0.1) is 0 Å². The zero-order valence-electron chi connectivity index (χ0n) is 27.6. The van der Waals surface area contributed by atoms with E-state index < -0.39 is 0 Å². The summed E-state index contributed by atoms with van der Waals surface area (Å²) in [6, 6.07) is 54.7. The largest absolute Gasteiger partial charge is 0.435 e. The van der Waals surface area contributed by atoms with Gasteiger partial charge in [-0.15, -0.1) is 11.3 Å². The van der Waals surface area contributed by atoms with Gasteiger partial charge in [0.1, 0.15) is 5.52 Å². The van der Waals surface area contributed by atoms with Crippen molar-refractivity contribution in [3.8, 4) is 45.6 Å². The van der Waals surface area contributed by atoms with Gasteiger partial charge in [-0.2, -0.15) is 0 Å². The topological polar surface area (TPSA) is 64.7 Å². The highest BCUT2D eigenvalue weighted by molar-refractivity contribution is 7.26. The first-order valence-electron chi connectivity index (χ1n) is 17.2. The SMILES string of the molecule is c1ccc(-c2nc3ccc4sc5c6ccc(-c7nc(-c8ccc9ccccc9c8)nc(-c8ccc9ccccc9c8)n7)cc6ccc5c4c3o2)cc1. The van der Waals surface area contributed by atoms with E-state index in [1.807, 2.05) is 30.3 Å². The summed E-state index contributed by atoms with van der Waals surface area (Å²) >= 11 is 1.78. The molecule has 0 bridgehead atoms. The second kappa shape index (κ2) is 11.4. The normalized spacial score (nSPS) is 11.8. The molecule has 0 fully saturated rings. The molecule has 3 heterocycles. The molecule has 11 aromatic rings. The van der Waals surface area contributed by atoms with Gasteiger partial charge in [0.2, 0.25) is 5.89 Å². The van der Waals surface area contributed by atoms with Crippen molar-refractivity contribution in [2.45, 2.75) is 0 Å². The van der Waals surface area contributed by atoms with E-state index in [2.05, 4.69) is 127 Å². The van der Waals surface area contributed by atoms with E-state index in [1.165, 1.54) is 30.9 Å². The smallest absolute Gasteiger partial charge is 0.227 e. The van der Waals surface area contributed by atoms with Crippen LogP contribution in [0.3, 0.4) is 0 Å². The Kier molecular flexibility index (Phi) is 6.35. The highest BCUT2D eigenvalue weighted by Crippen LogP contribution is 2.43. The van der Waals surface area contributed by atoms with E-state index in [0.29, 0.717) is 23.4 Å². The molecule has 5 nitrogen and oxygen atoms in total. The van der Waals surface area contributed by atoms with Crippen LogP contribution in [0.1, 0.15) is 0 Å². The average molecular weight is 683 g/mol. The summed E-state index contributed by atoms with van der Waals surface area (Å²) in [6.07, 6.45) is 0. The molecule has 0 N–H and O–H groups in total. The highest BCUT2D eigenvalue weighted by atomic mass is 32.1. The lowest BCUT2D eigenvalue weighted by Gasteiger charge is -2.10. The zero-order valence-corrected chi connectivity index (χ0v) is 28.4. The third-order valence-corrected chi connectivity index (χ3v) is 11.1. The Bertz CT molecular complexity index is 3100. The van der Waals surface area contributed by atoms with Gasteiger partial charge >= 0.3 is 0 Å². The van der Waals surface area contributed by atoms with Crippen LogP contribution in [0.2, 0.25) is 0 Å². The molecular weight excluding hydrogens is 657 g/mol. The summed E-state index contributed by atoms with van der Waals surface area (Å²) in [5.41, 5.74) is 5.49. The standard InChI is InChI=1S/C46H26N4OS/c1-2-10-29(11-3-1)46-47-38-22-23-39-40(41(38)51-46)37-21-18-32-26-35(19-20-36(32)42(37)52-39)45-49-43(33-16-14-27-8-4-6-12-30(27)24-33)48-44(50-45)34-17-15-28-9-5-7-13-31(28)25-34/h1-26H. The van der Waals surface area contributed by atoms with Crippen LogP contribution in [0.4, 0.5) is 0 Å². The molecule has 242 valence electrons. The lowest BCUT2D eigenvalue weighted by atomic mass is 10.0. The summed E-state index contributed by atoms with van der Waals surface area (Å²) in [6.45, 7) is 0. The van der Waals surface area contributed by atoms with Crippen LogP contribution in [-0.2, 0) is 0 Å². The van der Waals surface area contributed by atoms with Gasteiger partial charge in [-0.1, -0.05) is 115 Å². The maximum atomic E-state index is 6.44. The number of nitrogens with zero attached hydrogens (tertiary/aromatic N) is 4. The van der Waals surface area contributed by atoms with E-state index in [0.717, 1.165) is 54.9 Å². The molecule has 0 aliphatic carbocycles. The van der Waals surface area contributed by atoms with E-state index >= 15 is 0 Å². The number of hydrogen-bond donors (Lipinski definition) is 0. The minimum atomic E-state index is 0.636. The van der Waals surface area contributed by atoms with Gasteiger partial charge in [-0.25, -0.2) is 19.9 Å². The van der Waals surface area contributed by atoms with Gasteiger partial charge in [-0.05, 0) is 74.8 Å². The van der Waals surface area contributed by atoms with E-state index in [-0.39, 0.29) is 0 Å². The Balaban J connectivity index is 1.07. The van der Waals surface area contributed by atoms with Crippen molar-refractivity contribution in [2.75, 3.05) is 0 Å². The Morgan fingerprint density at radius 2 is 0.942 bits per heavy atom. The molecule has 0 radical (unpaired) electrons. The molecule has 0 amide bonds. The van der Waals surface area contributed by atoms with Crippen LogP contribution in [0.15, 0.2) is 162 Å². The zero-order chi connectivity index (χ0) is 34.2. The summed E-state index contributed by atoms with van der Waals surface area (Å²) < 4.78 is 8.83. The Labute approximate surface area is 301 Å². The lowest BCUT2D eigenvalue weighted by molar-refractivity contribution is 0.623. The first kappa shape index (κ1) is 29.0. The third-order valence-electron chi connectivity index (χ3n) is 9.90. The minimum absolute atomic E-state index is 0.636. The van der Waals surface area contributed by atoms with Crippen molar-refractivity contribution in [3.63, 3.8) is 0 Å². The molecule has 52 heavy (non-hydrogen) atoms. The van der Waals surface area contributed by atoms with Crippen LogP contribution >= 0.6 is 11.3 Å². The van der Waals surface area contributed by atoms with Crippen molar-refractivity contribution in [3.05, 3.63) is 158 Å². The van der Waals surface area contributed by atoms with Crippen LogP contribution in [0.25, 0.3) is 109 Å². The molecule has 8 aromatic carbocycles. The summed E-state index contributed by atoms with van der Waals surface area (Å²) in [5, 5.41) is 9.22. The predicted molar refractivity (Wildman–Crippen MR) is 215 cm³/mol. The van der Waals surface area contributed by atoms with Crippen LogP contribution < -0.4 is 0 Å². The number of aromatic nitrogens is 4. The summed E-state index contributed by atoms with van der Waals surface area (Å²) in [7, 11) is 0. The fourth-order valence-electron chi connectivity index (χ4n) is 7.30. The van der Waals surface area contributed by atoms with Crippen LogP contribution in [0, 0.1) is 0 Å². The number of rotatable bonds is 4. The van der Waals surface area contributed by atoms with Gasteiger partial charge in [0.25, 0.3) is 0 Å². The number of benzene rings is 8. The number of fused-ring (bicyclic) bond motifs is 9. The quantitative estimate of drug-likeness (QED) is 0.185. The number of oxazole rings is 1. The third kappa shape index (κ3) is 4.69. The first-order chi connectivity index (χ1) is 25.7. The molecular formula is C46H26N4OS. The lowest BCUT2D eigenvalue weighted by Crippen LogP contribution is -2.00. The summed E-state index contributed by atoms with van der Waals surface area (Å²) in [5.74, 6) is 2.56. The maximum absolute atomic E-state index is 6.44. The molecule has 0 unspecified atom stereocenters. The fraction of sp³-hybridized carbons (Fsp3) is 0. The predicted octanol–water partition coefficient (Wildman–Crippen LogP) is 12.5. The van der Waals surface area contributed by atoms with Crippen molar-refractivity contribution in [1.29, 1.82) is 0 Å². The first-order valence-corrected chi connectivity index (χ1v) is 18.0. The molecule has 6 heteroatoms. The van der Waals surface area contributed by atoms with Crippen molar-refractivity contribution < 1.29 is 4.42 Å². The van der Waals surface area contributed by atoms with Gasteiger partial charge in [0.15, 0.2) is 23.1 Å². The van der Waals surface area contributed by atoms with Crippen molar-refractivity contribution in [2.24, 2.45) is 0 Å². The molecule has 11 rings (SSSR count). The number of thiophene rings is 1. The summed E-state index contributed by atoms with van der Waals surface area (Å²) in [4.78, 5) is 20.1. The van der Waals surface area contributed by atoms with E-state index in [4.69, 9.17) is 24.4 Å². The Hall–Kier alpha value is -6.76. The molecule has 3 aromatic heterocycles. The van der Waals surface area contributed by atoms with Crippen LogP contribution in [-0.4, -0.2) is 19.9 Å². The second-order valence-corrected chi connectivity index (χ2v) is 14.1. The maximum Gasteiger partial charge on any atom is 0.227 e. The number of hydrogen-bond acceptors (Lipinski definition) is 6. The average Bonchev–Trinajstić information content (AvgIpc) is 3.83. The minimum Gasteiger partial charge on any atom is -0.435 e. The molecule has 0 aliphatic rings. The Morgan fingerprint density at radius 3 is 1.60 bits per heavy atom. The van der Waals surface area contributed by atoms with Crippen molar-refractivity contribution in [1.82, 2.24) is 19.9 Å². The van der Waals surface area contributed by atoms with E-state index in [9.17, 15) is 0 Å². The van der Waals surface area contributed by atoms with Crippen LogP contribution in [0.5, 0.6) is 0 Å². The monoisotopic (exact) mass is 682 g/mol. The molecule has 0 saturated carbocycles. The molecule has 0 aliphatic heterocycles. The Morgan fingerprint density at radius 1 is 0.404 bits per heavy atom. The van der Waals surface area contributed by atoms with Crippen molar-refractivity contribution >= 4 is 74.9 Å². The van der Waals surface area contributed by atoms with Gasteiger partial charge < -0.3 is 4.42 Å². The molecule has 0 atom stereocenters. The second-order valence-electron chi connectivity index (χ2n) is 13.1. The van der Waals surface area contributed by atoms with E-state index in [1.54, 1.807) is 11.3 Å². The highest BCUT2D eigenvalue weighted by Gasteiger charge is 2.18. The van der Waals surface area contributed by atoms with Gasteiger partial charge in [0, 0.05) is 42.4 Å². The molecule has 0 spiro atoms. The fourth-order valence-corrected chi connectivity index (χ4v) is 8.53. The van der Waals surface area contributed by atoms with Gasteiger partial charge in [-0.3, -0.25) is 0 Å². The molecule has 0 saturated heterocycles.